The van der Waals surface area contributed by atoms with Crippen LogP contribution in [0.3, 0.4) is 0 Å². The predicted molar refractivity (Wildman–Crippen MR) is 83.2 cm³/mol. The van der Waals surface area contributed by atoms with Crippen molar-refractivity contribution in [1.29, 1.82) is 0 Å². The summed E-state index contributed by atoms with van der Waals surface area (Å²) < 4.78 is 11.4. The number of fused-ring (bicyclic) bond motifs is 1. The molecular weight excluding hydrogens is 309 g/mol. The summed E-state index contributed by atoms with van der Waals surface area (Å²) in [6, 6.07) is 4.20. The Morgan fingerprint density at radius 3 is 2.81 bits per heavy atom. The van der Waals surface area contributed by atoms with Gasteiger partial charge in [0.05, 0.1) is 19.3 Å². The topological polar surface area (TPSA) is 30.5 Å². The molecule has 1 N–H and O–H groups in total. The van der Waals surface area contributed by atoms with Crippen molar-refractivity contribution < 1.29 is 9.47 Å². The lowest BCUT2D eigenvalue weighted by Crippen LogP contribution is -2.50. The molecule has 0 aromatic heterocycles. The molecule has 1 aromatic rings. The second-order valence-electron chi connectivity index (χ2n) is 6.41. The fourth-order valence-corrected chi connectivity index (χ4v) is 4.41. The van der Waals surface area contributed by atoms with Gasteiger partial charge in [0, 0.05) is 22.6 Å². The third-order valence-corrected chi connectivity index (χ3v) is 5.42. The van der Waals surface area contributed by atoms with Gasteiger partial charge in [-0.15, -0.1) is 0 Å². The molecule has 0 amide bonds. The van der Waals surface area contributed by atoms with Gasteiger partial charge in [-0.05, 0) is 48.9 Å². The largest absolute Gasteiger partial charge is 0.375 e. The summed E-state index contributed by atoms with van der Waals surface area (Å²) in [5, 5.41) is 5.14. The van der Waals surface area contributed by atoms with Gasteiger partial charge in [0.1, 0.15) is 5.60 Å². The molecule has 5 heteroatoms. The summed E-state index contributed by atoms with van der Waals surface area (Å²) >= 11 is 12.4. The van der Waals surface area contributed by atoms with Crippen LogP contribution in [0.2, 0.25) is 10.0 Å². The Bertz CT molecular complexity index is 559. The monoisotopic (exact) mass is 327 g/mol. The molecule has 1 spiro atoms. The Labute approximate surface area is 134 Å². The van der Waals surface area contributed by atoms with E-state index in [0.29, 0.717) is 12.1 Å². The van der Waals surface area contributed by atoms with Crippen LogP contribution in [0, 0.1) is 0 Å². The van der Waals surface area contributed by atoms with Crippen molar-refractivity contribution >= 4 is 23.2 Å². The molecule has 0 radical (unpaired) electrons. The molecule has 114 valence electrons. The minimum absolute atomic E-state index is 0.0328. The first-order valence-electron chi connectivity index (χ1n) is 7.62. The van der Waals surface area contributed by atoms with Crippen LogP contribution < -0.4 is 5.32 Å². The molecular formula is C16H19Cl2NO2. The number of hydrogen-bond acceptors (Lipinski definition) is 3. The van der Waals surface area contributed by atoms with Crippen LogP contribution in [-0.4, -0.2) is 31.5 Å². The van der Waals surface area contributed by atoms with Crippen LogP contribution in [0.15, 0.2) is 12.1 Å². The van der Waals surface area contributed by atoms with Crippen molar-refractivity contribution in [2.45, 2.75) is 43.4 Å². The van der Waals surface area contributed by atoms with Crippen molar-refractivity contribution in [2.75, 3.05) is 19.8 Å². The Kier molecular flexibility index (Phi) is 3.67. The van der Waals surface area contributed by atoms with Gasteiger partial charge in [-0.2, -0.15) is 0 Å². The first-order chi connectivity index (χ1) is 10.2. The summed E-state index contributed by atoms with van der Waals surface area (Å²) in [6.45, 7) is 2.41. The highest BCUT2D eigenvalue weighted by molar-refractivity contribution is 6.35. The summed E-state index contributed by atoms with van der Waals surface area (Å²) in [4.78, 5) is 0. The number of halogens is 2. The fourth-order valence-electron chi connectivity index (χ4n) is 3.74. The molecule has 2 fully saturated rings. The highest BCUT2D eigenvalue weighted by Crippen LogP contribution is 2.39. The van der Waals surface area contributed by atoms with E-state index in [0.717, 1.165) is 55.5 Å². The third-order valence-electron chi connectivity index (χ3n) is 4.89. The smallest absolute Gasteiger partial charge is 0.115 e. The number of benzene rings is 1. The predicted octanol–water partition coefficient (Wildman–Crippen LogP) is 3.52. The molecule has 3 aliphatic rings. The Hall–Kier alpha value is -0.320. The first kappa shape index (κ1) is 14.3. The molecule has 1 aromatic carbocycles. The number of rotatable bonds is 3. The molecule has 2 saturated heterocycles. The van der Waals surface area contributed by atoms with Crippen molar-refractivity contribution in [1.82, 2.24) is 5.32 Å². The van der Waals surface area contributed by atoms with E-state index in [1.54, 1.807) is 0 Å². The summed E-state index contributed by atoms with van der Waals surface area (Å²) in [6.07, 6.45) is 4.65. The highest BCUT2D eigenvalue weighted by atomic mass is 35.5. The van der Waals surface area contributed by atoms with E-state index in [-0.39, 0.29) is 5.60 Å². The molecule has 2 atom stereocenters. The fraction of sp³-hybridized carbons (Fsp3) is 0.625. The standard InChI is InChI=1S/C16H19Cl2NO2/c17-11-5-10-1-2-14(15(10)13(18)6-11)19-7-12-3-4-16(21-12)8-20-9-16/h5-6,12,14,19H,1-4,7-9H2. The van der Waals surface area contributed by atoms with Gasteiger partial charge < -0.3 is 14.8 Å². The van der Waals surface area contributed by atoms with Crippen LogP contribution in [-0.2, 0) is 15.9 Å². The van der Waals surface area contributed by atoms with E-state index in [9.17, 15) is 0 Å². The zero-order valence-electron chi connectivity index (χ0n) is 11.8. The number of ether oxygens (including phenoxy) is 2. The molecule has 0 saturated carbocycles. The van der Waals surface area contributed by atoms with E-state index in [4.69, 9.17) is 32.7 Å². The molecule has 4 rings (SSSR count). The zero-order valence-corrected chi connectivity index (χ0v) is 13.3. The van der Waals surface area contributed by atoms with Crippen molar-refractivity contribution in [3.05, 3.63) is 33.3 Å². The second kappa shape index (κ2) is 5.39. The quantitative estimate of drug-likeness (QED) is 0.921. The van der Waals surface area contributed by atoms with Crippen LogP contribution in [0.4, 0.5) is 0 Å². The van der Waals surface area contributed by atoms with Crippen LogP contribution in [0.25, 0.3) is 0 Å². The van der Waals surface area contributed by atoms with Gasteiger partial charge in [-0.1, -0.05) is 23.2 Å². The molecule has 3 nitrogen and oxygen atoms in total. The second-order valence-corrected chi connectivity index (χ2v) is 7.26. The van der Waals surface area contributed by atoms with Crippen LogP contribution in [0.5, 0.6) is 0 Å². The average molecular weight is 328 g/mol. The normalized spacial score (nSPS) is 29.6. The Balaban J connectivity index is 1.39. The molecule has 2 unspecified atom stereocenters. The third kappa shape index (κ3) is 2.60. The molecule has 21 heavy (non-hydrogen) atoms. The molecule has 1 aliphatic carbocycles. The Morgan fingerprint density at radius 2 is 2.10 bits per heavy atom. The molecule has 0 bridgehead atoms. The SMILES string of the molecule is Clc1cc(Cl)c2c(c1)CCC2NCC1CCC2(COC2)O1. The average Bonchev–Trinajstić information content (AvgIpc) is 2.99. The van der Waals surface area contributed by atoms with Crippen molar-refractivity contribution in [3.8, 4) is 0 Å². The van der Waals surface area contributed by atoms with Gasteiger partial charge >= 0.3 is 0 Å². The van der Waals surface area contributed by atoms with E-state index >= 15 is 0 Å². The minimum Gasteiger partial charge on any atom is -0.375 e. The van der Waals surface area contributed by atoms with Gasteiger partial charge in [0.25, 0.3) is 0 Å². The minimum atomic E-state index is 0.0328. The lowest BCUT2D eigenvalue weighted by atomic mass is 9.98. The van der Waals surface area contributed by atoms with E-state index in [2.05, 4.69) is 5.32 Å². The number of hydrogen-bond donors (Lipinski definition) is 1. The van der Waals surface area contributed by atoms with Gasteiger partial charge in [0.2, 0.25) is 0 Å². The van der Waals surface area contributed by atoms with Crippen molar-refractivity contribution in [2.24, 2.45) is 0 Å². The lowest BCUT2D eigenvalue weighted by Gasteiger charge is -2.37. The molecule has 2 heterocycles. The lowest BCUT2D eigenvalue weighted by molar-refractivity contribution is -0.199. The summed E-state index contributed by atoms with van der Waals surface area (Å²) in [5.74, 6) is 0. The zero-order chi connectivity index (χ0) is 14.4. The maximum absolute atomic E-state index is 6.37. The summed E-state index contributed by atoms with van der Waals surface area (Å²) in [7, 11) is 0. The number of aryl methyl sites for hydroxylation is 1. The maximum atomic E-state index is 6.37. The van der Waals surface area contributed by atoms with E-state index < -0.39 is 0 Å². The highest BCUT2D eigenvalue weighted by Gasteiger charge is 2.46. The first-order valence-corrected chi connectivity index (χ1v) is 8.38. The van der Waals surface area contributed by atoms with Crippen LogP contribution >= 0.6 is 23.2 Å². The molecule has 2 aliphatic heterocycles. The van der Waals surface area contributed by atoms with E-state index in [1.807, 2.05) is 12.1 Å². The van der Waals surface area contributed by atoms with Gasteiger partial charge in [-0.25, -0.2) is 0 Å². The van der Waals surface area contributed by atoms with Gasteiger partial charge in [0.15, 0.2) is 0 Å². The number of nitrogens with one attached hydrogen (secondary N) is 1. The Morgan fingerprint density at radius 1 is 1.24 bits per heavy atom. The van der Waals surface area contributed by atoms with Crippen molar-refractivity contribution in [3.63, 3.8) is 0 Å². The van der Waals surface area contributed by atoms with Gasteiger partial charge in [-0.3, -0.25) is 0 Å². The summed E-state index contributed by atoms with van der Waals surface area (Å²) in [5.41, 5.74) is 2.53. The van der Waals surface area contributed by atoms with E-state index in [1.165, 1.54) is 11.1 Å². The van der Waals surface area contributed by atoms with Crippen LogP contribution in [0.1, 0.15) is 36.4 Å². The maximum Gasteiger partial charge on any atom is 0.115 e.